The molecule has 0 aliphatic carbocycles. The summed E-state index contributed by atoms with van der Waals surface area (Å²) in [5.41, 5.74) is 9.49. The molecule has 102 valence electrons. The van der Waals surface area contributed by atoms with Gasteiger partial charge in [-0.05, 0) is 37.0 Å². The highest BCUT2D eigenvalue weighted by atomic mass is 16.5. The highest BCUT2D eigenvalue weighted by Crippen LogP contribution is 2.24. The van der Waals surface area contributed by atoms with Gasteiger partial charge < -0.3 is 15.8 Å². The Hall–Kier alpha value is -1.06. The molecule has 0 saturated carbocycles. The van der Waals surface area contributed by atoms with E-state index in [-0.39, 0.29) is 0 Å². The summed E-state index contributed by atoms with van der Waals surface area (Å²) < 4.78 is 5.46. The summed E-state index contributed by atoms with van der Waals surface area (Å²) in [7, 11) is 1.72. The lowest BCUT2D eigenvalue weighted by Crippen LogP contribution is -2.39. The van der Waals surface area contributed by atoms with Gasteiger partial charge in [0.1, 0.15) is 5.75 Å². The van der Waals surface area contributed by atoms with Crippen molar-refractivity contribution in [3.63, 3.8) is 0 Å². The molecule has 1 unspecified atom stereocenters. The lowest BCUT2D eigenvalue weighted by atomic mass is 10.0. The molecule has 0 bridgehead atoms. The average molecular weight is 250 g/mol. The van der Waals surface area contributed by atoms with E-state index in [1.807, 2.05) is 0 Å². The Balaban J connectivity index is 2.84. The van der Waals surface area contributed by atoms with Gasteiger partial charge in [0.2, 0.25) is 0 Å². The standard InChI is InChI=1S/C15H26N2O/c1-10(2)14(8-16)17-9-13-12(4)6-11(3)7-15(13)18-5/h6-7,10,14,17H,8-9,16H2,1-5H3. The van der Waals surface area contributed by atoms with Gasteiger partial charge in [-0.3, -0.25) is 0 Å². The van der Waals surface area contributed by atoms with E-state index >= 15 is 0 Å². The van der Waals surface area contributed by atoms with Crippen molar-refractivity contribution in [1.82, 2.24) is 5.32 Å². The van der Waals surface area contributed by atoms with E-state index in [1.165, 1.54) is 16.7 Å². The van der Waals surface area contributed by atoms with Crippen LogP contribution in [0.2, 0.25) is 0 Å². The maximum absolute atomic E-state index is 5.78. The van der Waals surface area contributed by atoms with Crippen LogP contribution in [0, 0.1) is 19.8 Å². The van der Waals surface area contributed by atoms with Gasteiger partial charge >= 0.3 is 0 Å². The third kappa shape index (κ3) is 3.72. The zero-order chi connectivity index (χ0) is 13.7. The SMILES string of the molecule is COc1cc(C)cc(C)c1CNC(CN)C(C)C. The molecule has 3 heteroatoms. The third-order valence-electron chi connectivity index (χ3n) is 3.40. The van der Waals surface area contributed by atoms with Crippen LogP contribution in [-0.2, 0) is 6.54 Å². The van der Waals surface area contributed by atoms with E-state index in [1.54, 1.807) is 7.11 Å². The Kier molecular flexibility index (Phi) is 5.63. The largest absolute Gasteiger partial charge is 0.496 e. The van der Waals surface area contributed by atoms with Gasteiger partial charge in [0, 0.05) is 24.7 Å². The van der Waals surface area contributed by atoms with Gasteiger partial charge in [-0.15, -0.1) is 0 Å². The number of ether oxygens (including phenoxy) is 1. The molecule has 0 fully saturated rings. The molecule has 18 heavy (non-hydrogen) atoms. The van der Waals surface area contributed by atoms with E-state index in [2.05, 4.69) is 45.1 Å². The second kappa shape index (κ2) is 6.76. The fourth-order valence-corrected chi connectivity index (χ4v) is 2.19. The zero-order valence-corrected chi connectivity index (χ0v) is 12.2. The van der Waals surface area contributed by atoms with Crippen molar-refractivity contribution in [3.05, 3.63) is 28.8 Å². The average Bonchev–Trinajstić information content (AvgIpc) is 2.31. The molecule has 0 heterocycles. The van der Waals surface area contributed by atoms with Crippen LogP contribution in [0.1, 0.15) is 30.5 Å². The number of hydrogen-bond donors (Lipinski definition) is 2. The van der Waals surface area contributed by atoms with E-state index < -0.39 is 0 Å². The van der Waals surface area contributed by atoms with Crippen LogP contribution < -0.4 is 15.8 Å². The molecule has 0 aliphatic rings. The summed E-state index contributed by atoms with van der Waals surface area (Å²) in [6, 6.07) is 4.61. The highest BCUT2D eigenvalue weighted by Gasteiger charge is 2.13. The summed E-state index contributed by atoms with van der Waals surface area (Å²) in [4.78, 5) is 0. The number of benzene rings is 1. The fraction of sp³-hybridized carbons (Fsp3) is 0.600. The summed E-state index contributed by atoms with van der Waals surface area (Å²) in [6.45, 7) is 10.0. The summed E-state index contributed by atoms with van der Waals surface area (Å²) in [5.74, 6) is 1.49. The van der Waals surface area contributed by atoms with Gasteiger partial charge in [0.25, 0.3) is 0 Å². The molecule has 1 rings (SSSR count). The quantitative estimate of drug-likeness (QED) is 0.815. The predicted octanol–water partition coefficient (Wildman–Crippen LogP) is 2.38. The first-order valence-corrected chi connectivity index (χ1v) is 6.57. The van der Waals surface area contributed by atoms with Crippen LogP contribution in [0.5, 0.6) is 5.75 Å². The van der Waals surface area contributed by atoms with Crippen molar-refractivity contribution in [2.75, 3.05) is 13.7 Å². The lowest BCUT2D eigenvalue weighted by molar-refractivity contribution is 0.385. The number of aryl methyl sites for hydroxylation is 2. The van der Waals surface area contributed by atoms with E-state index in [0.717, 1.165) is 12.3 Å². The van der Waals surface area contributed by atoms with Crippen molar-refractivity contribution in [2.45, 2.75) is 40.3 Å². The second-order valence-corrected chi connectivity index (χ2v) is 5.23. The lowest BCUT2D eigenvalue weighted by Gasteiger charge is -2.22. The maximum Gasteiger partial charge on any atom is 0.123 e. The number of rotatable bonds is 6. The first-order valence-electron chi connectivity index (χ1n) is 6.57. The Labute approximate surface area is 111 Å². The molecule has 0 spiro atoms. The predicted molar refractivity (Wildman–Crippen MR) is 77.0 cm³/mol. The zero-order valence-electron chi connectivity index (χ0n) is 12.2. The molecule has 0 aliphatic heterocycles. The highest BCUT2D eigenvalue weighted by molar-refractivity contribution is 5.43. The molecular weight excluding hydrogens is 224 g/mol. The summed E-state index contributed by atoms with van der Waals surface area (Å²) in [5, 5.41) is 3.52. The number of methoxy groups -OCH3 is 1. The number of nitrogens with one attached hydrogen (secondary N) is 1. The van der Waals surface area contributed by atoms with Crippen LogP contribution in [0.15, 0.2) is 12.1 Å². The molecule has 0 radical (unpaired) electrons. The van der Waals surface area contributed by atoms with Crippen molar-refractivity contribution in [2.24, 2.45) is 11.7 Å². The first kappa shape index (κ1) is 15.0. The third-order valence-corrected chi connectivity index (χ3v) is 3.40. The van der Waals surface area contributed by atoms with Crippen LogP contribution in [-0.4, -0.2) is 19.7 Å². The van der Waals surface area contributed by atoms with Crippen molar-refractivity contribution in [3.8, 4) is 5.75 Å². The van der Waals surface area contributed by atoms with Crippen LogP contribution in [0.3, 0.4) is 0 Å². The summed E-state index contributed by atoms with van der Waals surface area (Å²) >= 11 is 0. The molecule has 1 atom stereocenters. The second-order valence-electron chi connectivity index (χ2n) is 5.23. The molecule has 1 aromatic rings. The normalized spacial score (nSPS) is 12.8. The topological polar surface area (TPSA) is 47.3 Å². The monoisotopic (exact) mass is 250 g/mol. The van der Waals surface area contributed by atoms with E-state index in [9.17, 15) is 0 Å². The van der Waals surface area contributed by atoms with Crippen molar-refractivity contribution in [1.29, 1.82) is 0 Å². The number of hydrogen-bond acceptors (Lipinski definition) is 3. The van der Waals surface area contributed by atoms with Crippen LogP contribution in [0.4, 0.5) is 0 Å². The Morgan fingerprint density at radius 1 is 1.28 bits per heavy atom. The smallest absolute Gasteiger partial charge is 0.123 e. The minimum absolute atomic E-state index is 0.343. The molecule has 0 saturated heterocycles. The van der Waals surface area contributed by atoms with Crippen LogP contribution >= 0.6 is 0 Å². The molecule has 3 nitrogen and oxygen atoms in total. The van der Waals surface area contributed by atoms with Gasteiger partial charge in [-0.1, -0.05) is 19.9 Å². The fourth-order valence-electron chi connectivity index (χ4n) is 2.19. The van der Waals surface area contributed by atoms with Gasteiger partial charge in [0.15, 0.2) is 0 Å². The number of nitrogens with two attached hydrogens (primary N) is 1. The van der Waals surface area contributed by atoms with Crippen molar-refractivity contribution >= 4 is 0 Å². The van der Waals surface area contributed by atoms with E-state index in [4.69, 9.17) is 10.5 Å². The molecule has 1 aromatic carbocycles. The Morgan fingerprint density at radius 2 is 1.94 bits per heavy atom. The molecule has 0 amide bonds. The maximum atomic E-state index is 5.78. The first-order chi connectivity index (χ1) is 8.49. The molecular formula is C15H26N2O. The van der Waals surface area contributed by atoms with Crippen LogP contribution in [0.25, 0.3) is 0 Å². The van der Waals surface area contributed by atoms with E-state index in [0.29, 0.717) is 18.5 Å². The minimum atomic E-state index is 0.343. The molecule has 0 aromatic heterocycles. The molecule has 3 N–H and O–H groups in total. The summed E-state index contributed by atoms with van der Waals surface area (Å²) in [6.07, 6.45) is 0. The Bertz CT molecular complexity index is 388. The Morgan fingerprint density at radius 3 is 2.44 bits per heavy atom. The van der Waals surface area contributed by atoms with Gasteiger partial charge in [0.05, 0.1) is 7.11 Å². The van der Waals surface area contributed by atoms with Gasteiger partial charge in [-0.25, -0.2) is 0 Å². The van der Waals surface area contributed by atoms with Gasteiger partial charge in [-0.2, -0.15) is 0 Å². The minimum Gasteiger partial charge on any atom is -0.496 e. The van der Waals surface area contributed by atoms with Crippen molar-refractivity contribution < 1.29 is 4.74 Å².